The molecule has 110 valence electrons. The van der Waals surface area contributed by atoms with E-state index in [0.717, 1.165) is 12.1 Å². The molecule has 1 aromatic carbocycles. The summed E-state index contributed by atoms with van der Waals surface area (Å²) in [6, 6.07) is 4.90. The first-order valence-electron chi connectivity index (χ1n) is 5.38. The Balaban J connectivity index is 2.30. The Morgan fingerprint density at radius 2 is 1.67 bits per heavy atom. The maximum Gasteiger partial charge on any atom is 0.294 e. The Morgan fingerprint density at radius 3 is 2.19 bits per heavy atom. The normalized spacial score (nSPS) is 11.9. The van der Waals surface area contributed by atoms with Gasteiger partial charge >= 0.3 is 0 Å². The van der Waals surface area contributed by atoms with Gasteiger partial charge in [-0.25, -0.2) is 0 Å². The molecule has 21 heavy (non-hydrogen) atoms. The van der Waals surface area contributed by atoms with Crippen LogP contribution in [0.2, 0.25) is 0 Å². The summed E-state index contributed by atoms with van der Waals surface area (Å²) in [4.78, 5) is 6.80. The number of benzene rings is 1. The average Bonchev–Trinajstić information content (AvgIpc) is 2.37. The molecule has 0 amide bonds. The zero-order valence-electron chi connectivity index (χ0n) is 10.4. The number of anilines is 2. The first-order valence-corrected chi connectivity index (χ1v) is 6.82. The molecule has 6 N–H and O–H groups in total. The van der Waals surface area contributed by atoms with Crippen LogP contribution in [0.25, 0.3) is 0 Å². The highest BCUT2D eigenvalue weighted by molar-refractivity contribution is 7.85. The van der Waals surface area contributed by atoms with Gasteiger partial charge in [-0.2, -0.15) is 23.5 Å². The van der Waals surface area contributed by atoms with E-state index >= 15 is 0 Å². The second kappa shape index (κ2) is 5.30. The van der Waals surface area contributed by atoms with Crippen LogP contribution in [0.15, 0.2) is 39.4 Å². The predicted molar refractivity (Wildman–Crippen MR) is 73.0 cm³/mol. The van der Waals surface area contributed by atoms with Crippen molar-refractivity contribution in [1.29, 1.82) is 0 Å². The third kappa shape index (κ3) is 3.40. The van der Waals surface area contributed by atoms with Gasteiger partial charge in [0, 0.05) is 0 Å². The number of aromatic hydroxyl groups is 1. The van der Waals surface area contributed by atoms with Gasteiger partial charge in [-0.3, -0.25) is 4.55 Å². The lowest BCUT2D eigenvalue weighted by Crippen LogP contribution is -1.99. The van der Waals surface area contributed by atoms with Gasteiger partial charge in [0.25, 0.3) is 10.1 Å². The third-order valence-electron chi connectivity index (χ3n) is 2.31. The first kappa shape index (κ1) is 14.6. The topological polar surface area (TPSA) is 177 Å². The van der Waals surface area contributed by atoms with E-state index in [0.29, 0.717) is 0 Å². The van der Waals surface area contributed by atoms with Gasteiger partial charge in [0.05, 0.1) is 10.6 Å². The first-order chi connectivity index (χ1) is 9.77. The number of aromatic nitrogens is 2. The Bertz CT molecular complexity index is 780. The third-order valence-corrected chi connectivity index (χ3v) is 3.18. The summed E-state index contributed by atoms with van der Waals surface area (Å²) in [6.45, 7) is 0. The Labute approximate surface area is 118 Å². The summed E-state index contributed by atoms with van der Waals surface area (Å²) in [5.41, 5.74) is 10.9. The van der Waals surface area contributed by atoms with Crippen LogP contribution in [0.1, 0.15) is 0 Å². The highest BCUT2D eigenvalue weighted by Crippen LogP contribution is 2.31. The van der Waals surface area contributed by atoms with Crippen molar-refractivity contribution in [2.75, 3.05) is 11.5 Å². The highest BCUT2D eigenvalue weighted by atomic mass is 32.2. The number of nitrogen functional groups attached to an aromatic ring is 2. The number of hydrogen-bond acceptors (Lipinski definition) is 9. The molecule has 0 bridgehead atoms. The van der Waals surface area contributed by atoms with E-state index in [9.17, 15) is 13.5 Å². The standard InChI is InChI=1S/C10H10N6O4S/c11-8-7(9(17)14-10(12)13-8)16-15-5-1-3-6(4-2-5)21(18,19)20/h1-4H,(H,18,19,20)(H5,11,12,13,14,17)/b16-15+. The van der Waals surface area contributed by atoms with Gasteiger partial charge in [-0.1, -0.05) is 0 Å². The molecule has 0 atom stereocenters. The molecule has 0 aliphatic rings. The highest BCUT2D eigenvalue weighted by Gasteiger charge is 2.10. The van der Waals surface area contributed by atoms with Crippen molar-refractivity contribution in [1.82, 2.24) is 9.97 Å². The largest absolute Gasteiger partial charge is 0.492 e. The fraction of sp³-hybridized carbons (Fsp3) is 0. The molecule has 0 aliphatic carbocycles. The fourth-order valence-corrected chi connectivity index (χ4v) is 1.85. The van der Waals surface area contributed by atoms with Crippen LogP contribution in [0.3, 0.4) is 0 Å². The summed E-state index contributed by atoms with van der Waals surface area (Å²) in [6.07, 6.45) is 0. The van der Waals surface area contributed by atoms with Gasteiger partial charge in [-0.05, 0) is 24.3 Å². The van der Waals surface area contributed by atoms with Crippen molar-refractivity contribution in [2.45, 2.75) is 4.90 Å². The Kier molecular flexibility index (Phi) is 3.69. The van der Waals surface area contributed by atoms with Crippen molar-refractivity contribution in [3.8, 4) is 5.88 Å². The van der Waals surface area contributed by atoms with E-state index in [1.54, 1.807) is 0 Å². The molecule has 0 saturated carbocycles. The molecule has 0 aliphatic heterocycles. The van der Waals surface area contributed by atoms with Gasteiger partial charge in [0.1, 0.15) is 0 Å². The summed E-state index contributed by atoms with van der Waals surface area (Å²) in [5, 5.41) is 16.9. The molecule has 2 aromatic rings. The average molecular weight is 310 g/mol. The van der Waals surface area contributed by atoms with Crippen molar-refractivity contribution < 1.29 is 18.1 Å². The molecule has 1 aromatic heterocycles. The zero-order valence-corrected chi connectivity index (χ0v) is 11.2. The molecular weight excluding hydrogens is 300 g/mol. The summed E-state index contributed by atoms with van der Waals surface area (Å²) in [5.74, 6) is -0.891. The molecule has 1 heterocycles. The van der Waals surface area contributed by atoms with Crippen LogP contribution in [0.5, 0.6) is 5.88 Å². The van der Waals surface area contributed by atoms with E-state index in [-0.39, 0.29) is 28.0 Å². The molecule has 0 fully saturated rings. The van der Waals surface area contributed by atoms with Gasteiger partial charge < -0.3 is 16.6 Å². The van der Waals surface area contributed by atoms with Crippen molar-refractivity contribution in [3.05, 3.63) is 24.3 Å². The van der Waals surface area contributed by atoms with E-state index in [1.807, 2.05) is 0 Å². The maximum absolute atomic E-state index is 10.9. The quantitative estimate of drug-likeness (QED) is 0.479. The molecule has 0 radical (unpaired) electrons. The van der Waals surface area contributed by atoms with Crippen molar-refractivity contribution in [2.24, 2.45) is 10.2 Å². The molecule has 0 saturated heterocycles. The van der Waals surface area contributed by atoms with Gasteiger partial charge in [0.15, 0.2) is 11.5 Å². The smallest absolute Gasteiger partial charge is 0.294 e. The lowest BCUT2D eigenvalue weighted by molar-refractivity contribution is 0.455. The number of hydrogen-bond donors (Lipinski definition) is 4. The van der Waals surface area contributed by atoms with Crippen LogP contribution in [-0.2, 0) is 10.1 Å². The summed E-state index contributed by atoms with van der Waals surface area (Å²) in [7, 11) is -4.27. The predicted octanol–water partition coefficient (Wildman–Crippen LogP) is 1.01. The van der Waals surface area contributed by atoms with Gasteiger partial charge in [0.2, 0.25) is 11.8 Å². The second-order valence-corrected chi connectivity index (χ2v) is 5.23. The van der Waals surface area contributed by atoms with Crippen molar-refractivity contribution >= 4 is 33.3 Å². The maximum atomic E-state index is 10.9. The van der Waals surface area contributed by atoms with Gasteiger partial charge in [-0.15, -0.1) is 5.11 Å². The SMILES string of the molecule is Nc1nc(N)c(/N=N/c2ccc(S(=O)(=O)O)cc2)c(O)n1. The lowest BCUT2D eigenvalue weighted by atomic mass is 10.3. The number of azo groups is 1. The van der Waals surface area contributed by atoms with E-state index < -0.39 is 16.0 Å². The Hall–Kier alpha value is -2.79. The van der Waals surface area contributed by atoms with E-state index in [4.69, 9.17) is 16.0 Å². The minimum atomic E-state index is -4.27. The van der Waals surface area contributed by atoms with Crippen LogP contribution in [-0.4, -0.2) is 28.0 Å². The molecule has 2 rings (SSSR count). The molecule has 0 unspecified atom stereocenters. The van der Waals surface area contributed by atoms with E-state index in [1.165, 1.54) is 12.1 Å². The fourth-order valence-electron chi connectivity index (χ4n) is 1.37. The molecular formula is C10H10N6O4S. The number of rotatable bonds is 3. The van der Waals surface area contributed by atoms with Crippen LogP contribution in [0.4, 0.5) is 23.1 Å². The molecule has 0 spiro atoms. The molecule has 11 heteroatoms. The second-order valence-electron chi connectivity index (χ2n) is 3.81. The van der Waals surface area contributed by atoms with Crippen LogP contribution >= 0.6 is 0 Å². The number of nitrogens with two attached hydrogens (primary N) is 2. The summed E-state index contributed by atoms with van der Waals surface area (Å²) < 4.78 is 30.6. The monoisotopic (exact) mass is 310 g/mol. The Morgan fingerprint density at radius 1 is 1.05 bits per heavy atom. The zero-order chi connectivity index (χ0) is 15.6. The van der Waals surface area contributed by atoms with Crippen LogP contribution in [0, 0.1) is 0 Å². The van der Waals surface area contributed by atoms with Crippen molar-refractivity contribution in [3.63, 3.8) is 0 Å². The lowest BCUT2D eigenvalue weighted by Gasteiger charge is -2.01. The summed E-state index contributed by atoms with van der Waals surface area (Å²) >= 11 is 0. The number of nitrogens with zero attached hydrogens (tertiary/aromatic N) is 4. The molecule has 10 nitrogen and oxygen atoms in total. The van der Waals surface area contributed by atoms with E-state index in [2.05, 4.69) is 20.2 Å². The minimum Gasteiger partial charge on any atom is -0.492 e. The van der Waals surface area contributed by atoms with Crippen LogP contribution < -0.4 is 11.5 Å². The minimum absolute atomic E-state index is 0.154.